The molecule has 1 heterocycles. The van der Waals surface area contributed by atoms with Gasteiger partial charge in [0.25, 0.3) is 0 Å². The van der Waals surface area contributed by atoms with Gasteiger partial charge in [0.05, 0.1) is 13.7 Å². The zero-order chi connectivity index (χ0) is 19.7. The second kappa shape index (κ2) is 7.32. The minimum Gasteiger partial charge on any atom is -0.504 e. The van der Waals surface area contributed by atoms with E-state index in [1.54, 1.807) is 31.2 Å². The topological polar surface area (TPSA) is 85.2 Å². The molecule has 2 aromatic rings. The van der Waals surface area contributed by atoms with Crippen LogP contribution in [0.25, 0.3) is 0 Å². The highest BCUT2D eigenvalue weighted by molar-refractivity contribution is 5.97. The SMILES string of the molecule is C=C(C)[C@H](CO)c1ccc2c(c1OC)C(=O)OCc1cc(C)cc(O)c1O2. The molecule has 6 nitrogen and oxygen atoms in total. The summed E-state index contributed by atoms with van der Waals surface area (Å²) in [4.78, 5) is 12.7. The third kappa shape index (κ3) is 3.36. The van der Waals surface area contributed by atoms with Crippen LogP contribution in [0.2, 0.25) is 0 Å². The van der Waals surface area contributed by atoms with Gasteiger partial charge < -0.3 is 24.4 Å². The van der Waals surface area contributed by atoms with Crippen molar-refractivity contribution in [2.75, 3.05) is 13.7 Å². The maximum atomic E-state index is 12.7. The van der Waals surface area contributed by atoms with Crippen LogP contribution >= 0.6 is 0 Å². The van der Waals surface area contributed by atoms with E-state index >= 15 is 0 Å². The number of carbonyl (C=O) groups excluding carboxylic acids is 1. The summed E-state index contributed by atoms with van der Waals surface area (Å²) in [7, 11) is 1.44. The van der Waals surface area contributed by atoms with E-state index in [9.17, 15) is 15.0 Å². The molecule has 0 unspecified atom stereocenters. The van der Waals surface area contributed by atoms with Crippen molar-refractivity contribution in [2.45, 2.75) is 26.4 Å². The molecule has 0 saturated heterocycles. The minimum absolute atomic E-state index is 0.0351. The van der Waals surface area contributed by atoms with Crippen molar-refractivity contribution in [3.05, 3.63) is 58.7 Å². The Kier molecular flexibility index (Phi) is 5.10. The van der Waals surface area contributed by atoms with Crippen LogP contribution in [0.5, 0.6) is 23.0 Å². The van der Waals surface area contributed by atoms with Crippen LogP contribution < -0.4 is 9.47 Å². The molecule has 3 rings (SSSR count). The molecule has 0 fully saturated rings. The van der Waals surface area contributed by atoms with Gasteiger partial charge in [0, 0.05) is 17.0 Å². The predicted octanol–water partition coefficient (Wildman–Crippen LogP) is 3.82. The first-order chi connectivity index (χ1) is 12.9. The fraction of sp³-hybridized carbons (Fsp3) is 0.286. The first kappa shape index (κ1) is 18.8. The zero-order valence-electron chi connectivity index (χ0n) is 15.5. The van der Waals surface area contributed by atoms with Gasteiger partial charge >= 0.3 is 5.97 Å². The first-order valence-electron chi connectivity index (χ1n) is 8.52. The van der Waals surface area contributed by atoms with Crippen LogP contribution in [0.4, 0.5) is 0 Å². The highest BCUT2D eigenvalue weighted by atomic mass is 16.5. The fourth-order valence-electron chi connectivity index (χ4n) is 3.25. The van der Waals surface area contributed by atoms with E-state index in [1.165, 1.54) is 7.11 Å². The number of esters is 1. The lowest BCUT2D eigenvalue weighted by Gasteiger charge is -2.24. The highest BCUT2D eigenvalue weighted by Gasteiger charge is 2.30. The molecule has 2 N–H and O–H groups in total. The summed E-state index contributed by atoms with van der Waals surface area (Å²) in [6, 6.07) is 6.69. The molecule has 1 aliphatic heterocycles. The lowest BCUT2D eigenvalue weighted by Crippen LogP contribution is -2.15. The normalized spacial score (nSPS) is 14.0. The molecular weight excluding hydrogens is 348 g/mol. The summed E-state index contributed by atoms with van der Waals surface area (Å²) in [6.45, 7) is 7.30. The number of fused-ring (bicyclic) bond motifs is 2. The number of aryl methyl sites for hydroxylation is 1. The Labute approximate surface area is 157 Å². The number of cyclic esters (lactones) is 1. The van der Waals surface area contributed by atoms with E-state index in [2.05, 4.69) is 6.58 Å². The molecule has 0 saturated carbocycles. The number of carbonyl (C=O) groups is 1. The van der Waals surface area contributed by atoms with E-state index in [1.807, 2.05) is 6.92 Å². The van der Waals surface area contributed by atoms with Gasteiger partial charge in [0.2, 0.25) is 0 Å². The third-order valence-corrected chi connectivity index (χ3v) is 4.57. The number of aliphatic hydroxyl groups excluding tert-OH is 1. The van der Waals surface area contributed by atoms with Crippen LogP contribution in [0.3, 0.4) is 0 Å². The molecule has 0 aromatic heterocycles. The van der Waals surface area contributed by atoms with Gasteiger partial charge in [-0.05, 0) is 37.6 Å². The average molecular weight is 370 g/mol. The first-order valence-corrected chi connectivity index (χ1v) is 8.52. The lowest BCUT2D eigenvalue weighted by molar-refractivity contribution is 0.0454. The summed E-state index contributed by atoms with van der Waals surface area (Å²) < 4.78 is 16.8. The second-order valence-electron chi connectivity index (χ2n) is 6.59. The summed E-state index contributed by atoms with van der Waals surface area (Å²) in [5, 5.41) is 20.0. The smallest absolute Gasteiger partial charge is 0.346 e. The summed E-state index contributed by atoms with van der Waals surface area (Å²) in [6.07, 6.45) is 0. The molecule has 1 atom stereocenters. The van der Waals surface area contributed by atoms with Crippen molar-refractivity contribution in [1.82, 2.24) is 0 Å². The Morgan fingerprint density at radius 3 is 2.74 bits per heavy atom. The standard InChI is InChI=1S/C21H22O6/c1-11(2)15(9-22)14-5-6-17-18(20(14)25-4)21(24)26-10-13-7-12(3)8-16(23)19(13)27-17/h5-8,15,22-23H,1,9-10H2,2-4H3/t15-/m0/s1. The molecule has 0 spiro atoms. The van der Waals surface area contributed by atoms with Gasteiger partial charge in [-0.1, -0.05) is 18.2 Å². The fourth-order valence-corrected chi connectivity index (χ4v) is 3.25. The number of hydrogen-bond acceptors (Lipinski definition) is 6. The van der Waals surface area contributed by atoms with E-state index in [0.29, 0.717) is 11.1 Å². The quantitative estimate of drug-likeness (QED) is 0.629. The summed E-state index contributed by atoms with van der Waals surface area (Å²) >= 11 is 0. The molecule has 0 radical (unpaired) electrons. The third-order valence-electron chi connectivity index (χ3n) is 4.57. The van der Waals surface area contributed by atoms with Gasteiger partial charge in [0.1, 0.15) is 23.7 Å². The largest absolute Gasteiger partial charge is 0.504 e. The summed E-state index contributed by atoms with van der Waals surface area (Å²) in [5.74, 6) is -0.329. The molecule has 27 heavy (non-hydrogen) atoms. The van der Waals surface area contributed by atoms with E-state index in [0.717, 1.165) is 11.1 Å². The average Bonchev–Trinajstić information content (AvgIpc) is 2.61. The molecule has 0 bridgehead atoms. The Balaban J connectivity index is 2.20. The number of ether oxygens (including phenoxy) is 3. The number of phenolic OH excluding ortho intramolecular Hbond substituents is 1. The number of hydrogen-bond donors (Lipinski definition) is 2. The number of rotatable bonds is 4. The monoisotopic (exact) mass is 370 g/mol. The van der Waals surface area contributed by atoms with Crippen LogP contribution in [0.1, 0.15) is 39.9 Å². The Hall–Kier alpha value is -2.99. The maximum Gasteiger partial charge on any atom is 0.346 e. The van der Waals surface area contributed by atoms with Crippen molar-refractivity contribution in [2.24, 2.45) is 0 Å². The number of methoxy groups -OCH3 is 1. The van der Waals surface area contributed by atoms with Crippen LogP contribution in [-0.2, 0) is 11.3 Å². The molecule has 6 heteroatoms. The summed E-state index contributed by atoms with van der Waals surface area (Å²) in [5.41, 5.74) is 2.85. The minimum atomic E-state index is -0.603. The highest BCUT2D eigenvalue weighted by Crippen LogP contribution is 2.44. The van der Waals surface area contributed by atoms with Gasteiger partial charge in [-0.15, -0.1) is 0 Å². The Morgan fingerprint density at radius 1 is 1.37 bits per heavy atom. The Morgan fingerprint density at radius 2 is 2.11 bits per heavy atom. The zero-order valence-corrected chi connectivity index (χ0v) is 15.5. The number of aliphatic hydroxyl groups is 1. The van der Waals surface area contributed by atoms with E-state index in [-0.39, 0.29) is 41.8 Å². The van der Waals surface area contributed by atoms with E-state index < -0.39 is 11.9 Å². The second-order valence-corrected chi connectivity index (χ2v) is 6.59. The van der Waals surface area contributed by atoms with Crippen LogP contribution in [-0.4, -0.2) is 29.9 Å². The van der Waals surface area contributed by atoms with E-state index in [4.69, 9.17) is 14.2 Å². The molecule has 0 amide bonds. The van der Waals surface area contributed by atoms with Crippen LogP contribution in [0.15, 0.2) is 36.4 Å². The molecule has 142 valence electrons. The van der Waals surface area contributed by atoms with Crippen LogP contribution in [0, 0.1) is 6.92 Å². The van der Waals surface area contributed by atoms with Crippen molar-refractivity contribution < 1.29 is 29.2 Å². The van der Waals surface area contributed by atoms with Crippen molar-refractivity contribution in [1.29, 1.82) is 0 Å². The number of phenols is 1. The number of benzene rings is 2. The molecule has 1 aliphatic rings. The van der Waals surface area contributed by atoms with Gasteiger partial charge in [-0.2, -0.15) is 0 Å². The van der Waals surface area contributed by atoms with Gasteiger partial charge in [-0.25, -0.2) is 4.79 Å². The van der Waals surface area contributed by atoms with Crippen molar-refractivity contribution in [3.63, 3.8) is 0 Å². The number of aromatic hydroxyl groups is 1. The molecule has 2 aromatic carbocycles. The predicted molar refractivity (Wildman–Crippen MR) is 99.7 cm³/mol. The lowest BCUT2D eigenvalue weighted by atomic mass is 9.91. The molecule has 0 aliphatic carbocycles. The van der Waals surface area contributed by atoms with Gasteiger partial charge in [0.15, 0.2) is 11.5 Å². The van der Waals surface area contributed by atoms with Crippen molar-refractivity contribution >= 4 is 5.97 Å². The maximum absolute atomic E-state index is 12.7. The van der Waals surface area contributed by atoms with Crippen molar-refractivity contribution in [3.8, 4) is 23.0 Å². The van der Waals surface area contributed by atoms with Gasteiger partial charge in [-0.3, -0.25) is 0 Å². The molecular formula is C21H22O6. The Bertz CT molecular complexity index is 915.